The van der Waals surface area contributed by atoms with Gasteiger partial charge < -0.3 is 0 Å². The molecule has 6 heteroatoms. The van der Waals surface area contributed by atoms with Crippen LogP contribution in [-0.4, -0.2) is 11.3 Å². The van der Waals surface area contributed by atoms with Gasteiger partial charge in [-0.2, -0.15) is 13.2 Å². The minimum absolute atomic E-state index is 0.0649. The van der Waals surface area contributed by atoms with Crippen molar-refractivity contribution < 1.29 is 18.0 Å². The molecule has 0 atom stereocenters. The Bertz CT molecular complexity index is 404. The van der Waals surface area contributed by atoms with Crippen LogP contribution in [0.4, 0.5) is 13.2 Å². The van der Waals surface area contributed by atoms with E-state index in [-0.39, 0.29) is 28.9 Å². The van der Waals surface area contributed by atoms with Crippen molar-refractivity contribution in [3.63, 3.8) is 0 Å². The van der Waals surface area contributed by atoms with E-state index in [4.69, 9.17) is 0 Å². The standard InChI is InChI=1S/C10H8F3IOS/c1-6(15)2-7-3-8(14)5-9(4-7)16-10(11,12)13/h3-5H,2H2,1H3. The number of alkyl halides is 3. The summed E-state index contributed by atoms with van der Waals surface area (Å²) in [5, 5.41) is 0. The van der Waals surface area contributed by atoms with Gasteiger partial charge in [-0.15, -0.1) is 0 Å². The third-order valence-electron chi connectivity index (χ3n) is 1.62. The van der Waals surface area contributed by atoms with Gasteiger partial charge >= 0.3 is 5.51 Å². The summed E-state index contributed by atoms with van der Waals surface area (Å²) in [6, 6.07) is 4.56. The summed E-state index contributed by atoms with van der Waals surface area (Å²) >= 11 is 1.78. The van der Waals surface area contributed by atoms with Crippen LogP contribution in [0, 0.1) is 3.57 Å². The maximum absolute atomic E-state index is 12.2. The molecule has 0 saturated heterocycles. The molecule has 0 aromatic heterocycles. The molecule has 1 rings (SSSR count). The van der Waals surface area contributed by atoms with Gasteiger partial charge in [-0.05, 0) is 65.0 Å². The second-order valence-electron chi connectivity index (χ2n) is 3.22. The van der Waals surface area contributed by atoms with Crippen molar-refractivity contribution >= 4 is 40.1 Å². The average molecular weight is 360 g/mol. The van der Waals surface area contributed by atoms with Gasteiger partial charge in [-0.25, -0.2) is 0 Å². The first-order valence-corrected chi connectivity index (χ1v) is 6.20. The number of hydrogen-bond acceptors (Lipinski definition) is 2. The predicted octanol–water partition coefficient (Wildman–Crippen LogP) is 4.03. The minimum Gasteiger partial charge on any atom is -0.300 e. The smallest absolute Gasteiger partial charge is 0.300 e. The molecular formula is C10H8F3IOS. The Morgan fingerprint density at radius 1 is 1.38 bits per heavy atom. The molecule has 0 aliphatic rings. The molecule has 0 bridgehead atoms. The average Bonchev–Trinajstić information content (AvgIpc) is 1.96. The lowest BCUT2D eigenvalue weighted by Gasteiger charge is -2.08. The highest BCUT2D eigenvalue weighted by Gasteiger charge is 2.29. The number of thioether (sulfide) groups is 1. The van der Waals surface area contributed by atoms with Gasteiger partial charge in [0.05, 0.1) is 0 Å². The lowest BCUT2D eigenvalue weighted by Crippen LogP contribution is -2.01. The topological polar surface area (TPSA) is 17.1 Å². The Balaban J connectivity index is 2.94. The molecule has 88 valence electrons. The van der Waals surface area contributed by atoms with Gasteiger partial charge in [0, 0.05) is 14.9 Å². The molecule has 1 aromatic carbocycles. The number of carbonyl (C=O) groups is 1. The summed E-state index contributed by atoms with van der Waals surface area (Å²) < 4.78 is 37.2. The van der Waals surface area contributed by atoms with Gasteiger partial charge in [0.2, 0.25) is 0 Å². The van der Waals surface area contributed by atoms with E-state index in [0.717, 1.165) is 0 Å². The van der Waals surface area contributed by atoms with Crippen LogP contribution in [-0.2, 0) is 11.2 Å². The lowest BCUT2D eigenvalue weighted by atomic mass is 10.1. The van der Waals surface area contributed by atoms with Crippen molar-refractivity contribution in [3.8, 4) is 0 Å². The Kier molecular flexibility index (Phi) is 4.66. The normalized spacial score (nSPS) is 11.6. The van der Waals surface area contributed by atoms with E-state index in [9.17, 15) is 18.0 Å². The van der Waals surface area contributed by atoms with Crippen LogP contribution in [0.25, 0.3) is 0 Å². The molecule has 16 heavy (non-hydrogen) atoms. The van der Waals surface area contributed by atoms with Gasteiger partial charge in [0.1, 0.15) is 5.78 Å². The van der Waals surface area contributed by atoms with E-state index in [1.54, 1.807) is 6.07 Å². The molecule has 0 spiro atoms. The number of rotatable bonds is 3. The summed E-state index contributed by atoms with van der Waals surface area (Å²) in [7, 11) is 0. The molecule has 0 fully saturated rings. The van der Waals surface area contributed by atoms with Crippen LogP contribution in [0.5, 0.6) is 0 Å². The number of benzene rings is 1. The summed E-state index contributed by atoms with van der Waals surface area (Å²) in [5.41, 5.74) is -3.68. The summed E-state index contributed by atoms with van der Waals surface area (Å²) in [6.45, 7) is 1.41. The summed E-state index contributed by atoms with van der Waals surface area (Å²) in [6.07, 6.45) is 0.169. The van der Waals surface area contributed by atoms with Crippen LogP contribution >= 0.6 is 34.4 Å². The van der Waals surface area contributed by atoms with E-state index < -0.39 is 5.51 Å². The van der Waals surface area contributed by atoms with Crippen molar-refractivity contribution in [2.45, 2.75) is 23.7 Å². The first kappa shape index (κ1) is 13.8. The maximum Gasteiger partial charge on any atom is 0.446 e. The SMILES string of the molecule is CC(=O)Cc1cc(I)cc(SC(F)(F)F)c1. The van der Waals surface area contributed by atoms with E-state index in [1.807, 2.05) is 22.6 Å². The molecule has 0 unspecified atom stereocenters. The molecule has 0 radical (unpaired) electrons. The third-order valence-corrected chi connectivity index (χ3v) is 2.94. The molecule has 0 aliphatic heterocycles. The summed E-state index contributed by atoms with van der Waals surface area (Å²) in [4.78, 5) is 11.0. The molecule has 0 N–H and O–H groups in total. The quantitative estimate of drug-likeness (QED) is 0.598. The van der Waals surface area contributed by atoms with Gasteiger partial charge in [0.15, 0.2) is 0 Å². The zero-order valence-electron chi connectivity index (χ0n) is 8.27. The van der Waals surface area contributed by atoms with Gasteiger partial charge in [-0.3, -0.25) is 4.79 Å². The van der Waals surface area contributed by atoms with Crippen molar-refractivity contribution in [2.75, 3.05) is 0 Å². The molecule has 0 amide bonds. The van der Waals surface area contributed by atoms with Crippen molar-refractivity contribution in [1.82, 2.24) is 0 Å². The van der Waals surface area contributed by atoms with Crippen molar-refractivity contribution in [3.05, 3.63) is 27.3 Å². The molecule has 1 nitrogen and oxygen atoms in total. The minimum atomic E-state index is -4.29. The third kappa shape index (κ3) is 5.20. The zero-order valence-corrected chi connectivity index (χ0v) is 11.2. The highest BCUT2D eigenvalue weighted by molar-refractivity contribution is 14.1. The fourth-order valence-electron chi connectivity index (χ4n) is 1.20. The number of ketones is 1. The molecule has 0 heterocycles. The summed E-state index contributed by atoms with van der Waals surface area (Å²) in [5.74, 6) is -0.0649. The number of halogens is 4. The Morgan fingerprint density at radius 3 is 2.50 bits per heavy atom. The zero-order chi connectivity index (χ0) is 12.3. The van der Waals surface area contributed by atoms with Gasteiger partial charge in [-0.1, -0.05) is 0 Å². The second kappa shape index (κ2) is 5.39. The first-order valence-electron chi connectivity index (χ1n) is 4.31. The Labute approximate surface area is 109 Å². The molecular weight excluding hydrogens is 352 g/mol. The Hall–Kier alpha value is -0.240. The van der Waals surface area contributed by atoms with Crippen molar-refractivity contribution in [2.24, 2.45) is 0 Å². The molecule has 0 aliphatic carbocycles. The van der Waals surface area contributed by atoms with E-state index in [1.165, 1.54) is 19.1 Å². The van der Waals surface area contributed by atoms with Crippen LogP contribution < -0.4 is 0 Å². The van der Waals surface area contributed by atoms with Crippen LogP contribution in [0.1, 0.15) is 12.5 Å². The number of hydrogen-bond donors (Lipinski definition) is 0. The van der Waals surface area contributed by atoms with E-state index in [2.05, 4.69) is 0 Å². The molecule has 0 saturated carbocycles. The van der Waals surface area contributed by atoms with E-state index >= 15 is 0 Å². The fraction of sp³-hybridized carbons (Fsp3) is 0.300. The maximum atomic E-state index is 12.2. The lowest BCUT2D eigenvalue weighted by molar-refractivity contribution is -0.116. The van der Waals surface area contributed by atoms with E-state index in [0.29, 0.717) is 9.13 Å². The number of Topliss-reactive ketones (excluding diaryl/α,β-unsaturated/α-hetero) is 1. The van der Waals surface area contributed by atoms with Crippen LogP contribution in [0.2, 0.25) is 0 Å². The van der Waals surface area contributed by atoms with Crippen LogP contribution in [0.15, 0.2) is 23.1 Å². The second-order valence-corrected chi connectivity index (χ2v) is 5.61. The first-order chi connectivity index (χ1) is 7.26. The Morgan fingerprint density at radius 2 is 2.00 bits per heavy atom. The van der Waals surface area contributed by atoms with Gasteiger partial charge in [0.25, 0.3) is 0 Å². The monoisotopic (exact) mass is 360 g/mol. The van der Waals surface area contributed by atoms with Crippen molar-refractivity contribution in [1.29, 1.82) is 0 Å². The largest absolute Gasteiger partial charge is 0.446 e. The number of carbonyl (C=O) groups excluding carboxylic acids is 1. The highest BCUT2D eigenvalue weighted by Crippen LogP contribution is 2.37. The highest BCUT2D eigenvalue weighted by atomic mass is 127. The van der Waals surface area contributed by atoms with Crippen LogP contribution in [0.3, 0.4) is 0 Å². The fourth-order valence-corrected chi connectivity index (χ4v) is 2.81. The predicted molar refractivity (Wildman–Crippen MR) is 65.5 cm³/mol. The molecule has 1 aromatic rings.